The first-order chi connectivity index (χ1) is 11.2. The molecule has 1 spiro atoms. The highest BCUT2D eigenvalue weighted by molar-refractivity contribution is 5.57. The van der Waals surface area contributed by atoms with Crippen LogP contribution >= 0.6 is 0 Å². The molecule has 0 amide bonds. The van der Waals surface area contributed by atoms with Crippen LogP contribution in [0.2, 0.25) is 0 Å². The molecule has 2 aliphatic rings. The number of halogens is 1. The van der Waals surface area contributed by atoms with E-state index < -0.39 is 0 Å². The molecule has 4 heteroatoms. The molecule has 0 atom stereocenters. The standard InChI is InChI=1S/C19H17FN2O/c1-21-15-4-6-16(7-5-15)22-12-19(13-22)10-18(11-19)23-17-8-2-14(20)3-9-17/h2-9,18H,10-13H2. The van der Waals surface area contributed by atoms with Crippen molar-refractivity contribution >= 4 is 11.4 Å². The van der Waals surface area contributed by atoms with Crippen LogP contribution in [-0.2, 0) is 0 Å². The van der Waals surface area contributed by atoms with Crippen molar-refractivity contribution in [3.8, 4) is 5.75 Å². The van der Waals surface area contributed by atoms with E-state index in [0.29, 0.717) is 11.1 Å². The lowest BCUT2D eigenvalue weighted by Crippen LogP contribution is -2.64. The maximum atomic E-state index is 12.9. The Bertz CT molecular complexity index is 734. The van der Waals surface area contributed by atoms with Gasteiger partial charge in [-0.25, -0.2) is 9.24 Å². The zero-order chi connectivity index (χ0) is 15.9. The van der Waals surface area contributed by atoms with Crippen LogP contribution in [-0.4, -0.2) is 19.2 Å². The minimum atomic E-state index is -0.235. The van der Waals surface area contributed by atoms with Crippen LogP contribution < -0.4 is 9.64 Å². The molecule has 0 bridgehead atoms. The van der Waals surface area contributed by atoms with Gasteiger partial charge in [-0.3, -0.25) is 0 Å². The molecule has 2 aromatic carbocycles. The predicted molar refractivity (Wildman–Crippen MR) is 87.4 cm³/mol. The number of hydrogen-bond donors (Lipinski definition) is 0. The van der Waals surface area contributed by atoms with E-state index in [-0.39, 0.29) is 11.9 Å². The highest BCUT2D eigenvalue weighted by Gasteiger charge is 2.53. The summed E-state index contributed by atoms with van der Waals surface area (Å²) in [6.07, 6.45) is 2.36. The monoisotopic (exact) mass is 308 g/mol. The van der Waals surface area contributed by atoms with E-state index in [0.717, 1.165) is 31.7 Å². The fourth-order valence-corrected chi connectivity index (χ4v) is 3.64. The highest BCUT2D eigenvalue weighted by atomic mass is 19.1. The lowest BCUT2D eigenvalue weighted by atomic mass is 9.61. The van der Waals surface area contributed by atoms with Gasteiger partial charge in [-0.1, -0.05) is 12.1 Å². The Balaban J connectivity index is 1.29. The minimum Gasteiger partial charge on any atom is -0.490 e. The summed E-state index contributed by atoms with van der Waals surface area (Å²) in [5.74, 6) is 0.512. The fourth-order valence-electron chi connectivity index (χ4n) is 3.64. The molecule has 2 fully saturated rings. The summed E-state index contributed by atoms with van der Waals surface area (Å²) >= 11 is 0. The fraction of sp³-hybridized carbons (Fsp3) is 0.316. The molecular weight excluding hydrogens is 291 g/mol. The van der Waals surface area contributed by atoms with E-state index in [4.69, 9.17) is 11.3 Å². The third-order valence-corrected chi connectivity index (χ3v) is 4.83. The van der Waals surface area contributed by atoms with Gasteiger partial charge in [-0.2, -0.15) is 0 Å². The maximum Gasteiger partial charge on any atom is 0.187 e. The van der Waals surface area contributed by atoms with Gasteiger partial charge in [0.05, 0.1) is 6.57 Å². The SMILES string of the molecule is [C-]#[N+]c1ccc(N2CC3(CC(Oc4ccc(F)cc4)C3)C2)cc1. The lowest BCUT2D eigenvalue weighted by Gasteiger charge is -2.59. The molecule has 3 nitrogen and oxygen atoms in total. The van der Waals surface area contributed by atoms with Gasteiger partial charge in [-0.05, 0) is 49.2 Å². The van der Waals surface area contributed by atoms with Crippen molar-refractivity contribution in [2.75, 3.05) is 18.0 Å². The van der Waals surface area contributed by atoms with Crippen LogP contribution in [0.4, 0.5) is 15.8 Å². The first-order valence-corrected chi connectivity index (χ1v) is 7.81. The van der Waals surface area contributed by atoms with Crippen molar-refractivity contribution in [2.24, 2.45) is 5.41 Å². The van der Waals surface area contributed by atoms with Crippen LogP contribution in [0.25, 0.3) is 4.85 Å². The third-order valence-electron chi connectivity index (χ3n) is 4.83. The average Bonchev–Trinajstić information content (AvgIpc) is 2.50. The zero-order valence-electron chi connectivity index (χ0n) is 12.7. The van der Waals surface area contributed by atoms with Crippen LogP contribution in [0.5, 0.6) is 5.75 Å². The van der Waals surface area contributed by atoms with E-state index in [2.05, 4.69) is 9.74 Å². The van der Waals surface area contributed by atoms with Crippen LogP contribution in [0.15, 0.2) is 48.5 Å². The molecule has 1 aliphatic carbocycles. The van der Waals surface area contributed by atoms with Gasteiger partial charge < -0.3 is 9.64 Å². The summed E-state index contributed by atoms with van der Waals surface area (Å²) in [7, 11) is 0. The van der Waals surface area contributed by atoms with Gasteiger partial charge >= 0.3 is 0 Å². The third kappa shape index (κ3) is 2.63. The number of rotatable bonds is 3. The molecule has 0 N–H and O–H groups in total. The van der Waals surface area contributed by atoms with Crippen molar-refractivity contribution in [3.63, 3.8) is 0 Å². The number of ether oxygens (including phenoxy) is 1. The van der Waals surface area contributed by atoms with Gasteiger partial charge in [0.2, 0.25) is 0 Å². The normalized spacial score (nSPS) is 18.9. The molecule has 1 heterocycles. The molecule has 1 saturated heterocycles. The van der Waals surface area contributed by atoms with Gasteiger partial charge in [0.25, 0.3) is 0 Å². The summed E-state index contributed by atoms with van der Waals surface area (Å²) in [4.78, 5) is 5.77. The van der Waals surface area contributed by atoms with Gasteiger partial charge in [0.1, 0.15) is 17.7 Å². The number of anilines is 1. The van der Waals surface area contributed by atoms with Crippen molar-refractivity contribution in [3.05, 3.63) is 65.8 Å². The second-order valence-corrected chi connectivity index (χ2v) is 6.59. The van der Waals surface area contributed by atoms with E-state index in [1.54, 1.807) is 12.1 Å². The molecule has 1 saturated carbocycles. The average molecular weight is 308 g/mol. The Morgan fingerprint density at radius 2 is 1.70 bits per heavy atom. The van der Waals surface area contributed by atoms with Crippen molar-refractivity contribution in [1.82, 2.24) is 0 Å². The van der Waals surface area contributed by atoms with Gasteiger partial charge in [0.15, 0.2) is 5.69 Å². The van der Waals surface area contributed by atoms with E-state index in [9.17, 15) is 4.39 Å². The first kappa shape index (κ1) is 14.1. The molecule has 4 rings (SSSR count). The largest absolute Gasteiger partial charge is 0.490 e. The number of nitrogens with zero attached hydrogens (tertiary/aromatic N) is 2. The number of benzene rings is 2. The lowest BCUT2D eigenvalue weighted by molar-refractivity contribution is -0.0340. The predicted octanol–water partition coefficient (Wildman–Crippen LogP) is 4.42. The van der Waals surface area contributed by atoms with Crippen LogP contribution in [0.1, 0.15) is 12.8 Å². The second-order valence-electron chi connectivity index (χ2n) is 6.59. The quantitative estimate of drug-likeness (QED) is 0.780. The van der Waals surface area contributed by atoms with Crippen LogP contribution in [0.3, 0.4) is 0 Å². The van der Waals surface area contributed by atoms with Gasteiger partial charge in [0, 0.05) is 24.2 Å². The Morgan fingerprint density at radius 3 is 2.30 bits per heavy atom. The molecule has 116 valence electrons. The van der Waals surface area contributed by atoms with Crippen molar-refractivity contribution in [2.45, 2.75) is 18.9 Å². The van der Waals surface area contributed by atoms with Crippen molar-refractivity contribution in [1.29, 1.82) is 0 Å². The zero-order valence-corrected chi connectivity index (χ0v) is 12.7. The smallest absolute Gasteiger partial charge is 0.187 e. The van der Waals surface area contributed by atoms with Crippen molar-refractivity contribution < 1.29 is 9.13 Å². The maximum absolute atomic E-state index is 12.9. The first-order valence-electron chi connectivity index (χ1n) is 7.81. The Labute approximate surface area is 135 Å². The molecule has 2 aromatic rings. The molecule has 0 aromatic heterocycles. The molecule has 1 aliphatic heterocycles. The highest BCUT2D eigenvalue weighted by Crippen LogP contribution is 2.50. The molecular formula is C19H17FN2O. The summed E-state index contributed by atoms with van der Waals surface area (Å²) < 4.78 is 18.8. The Morgan fingerprint density at radius 1 is 1.04 bits per heavy atom. The minimum absolute atomic E-state index is 0.235. The van der Waals surface area contributed by atoms with E-state index >= 15 is 0 Å². The summed E-state index contributed by atoms with van der Waals surface area (Å²) in [5.41, 5.74) is 2.25. The summed E-state index contributed by atoms with van der Waals surface area (Å²) in [5, 5.41) is 0. The van der Waals surface area contributed by atoms with Gasteiger partial charge in [-0.15, -0.1) is 0 Å². The Hall–Kier alpha value is -2.54. The Kier molecular flexibility index (Phi) is 3.23. The topological polar surface area (TPSA) is 16.8 Å². The second kappa shape index (κ2) is 5.27. The molecule has 0 radical (unpaired) electrons. The summed E-state index contributed by atoms with van der Waals surface area (Å²) in [6, 6.07) is 14.0. The van der Waals surface area contributed by atoms with E-state index in [1.165, 1.54) is 17.8 Å². The summed E-state index contributed by atoms with van der Waals surface area (Å²) in [6.45, 7) is 9.08. The number of hydrogen-bond acceptors (Lipinski definition) is 2. The molecule has 0 unspecified atom stereocenters. The van der Waals surface area contributed by atoms with E-state index in [1.807, 2.05) is 24.3 Å². The van der Waals surface area contributed by atoms with Crippen LogP contribution in [0, 0.1) is 17.8 Å². The molecule has 23 heavy (non-hydrogen) atoms.